The Morgan fingerprint density at radius 2 is 1.95 bits per heavy atom. The molecule has 3 heteroatoms. The van der Waals surface area contributed by atoms with E-state index in [1.54, 1.807) is 0 Å². The van der Waals surface area contributed by atoms with Crippen molar-refractivity contribution in [1.29, 1.82) is 0 Å². The molecular formula is C18H36N2O. The van der Waals surface area contributed by atoms with Gasteiger partial charge in [-0.3, -0.25) is 4.90 Å². The first-order valence-corrected chi connectivity index (χ1v) is 9.26. The Kier molecular flexibility index (Phi) is 6.97. The Morgan fingerprint density at radius 1 is 1.14 bits per heavy atom. The monoisotopic (exact) mass is 296 g/mol. The fourth-order valence-corrected chi connectivity index (χ4v) is 4.28. The zero-order valence-electron chi connectivity index (χ0n) is 14.6. The summed E-state index contributed by atoms with van der Waals surface area (Å²) in [6.45, 7) is 13.5. The lowest BCUT2D eigenvalue weighted by Gasteiger charge is -2.44. The quantitative estimate of drug-likeness (QED) is 0.814. The second-order valence-electron chi connectivity index (χ2n) is 7.17. The van der Waals surface area contributed by atoms with Gasteiger partial charge in [-0.2, -0.15) is 0 Å². The second-order valence-corrected chi connectivity index (χ2v) is 7.17. The van der Waals surface area contributed by atoms with Crippen molar-refractivity contribution in [2.24, 2.45) is 11.8 Å². The molecule has 1 aliphatic heterocycles. The van der Waals surface area contributed by atoms with E-state index < -0.39 is 0 Å². The molecule has 0 radical (unpaired) electrons. The fraction of sp³-hybridized carbons (Fsp3) is 1.00. The Hall–Kier alpha value is -0.120. The van der Waals surface area contributed by atoms with Crippen LogP contribution in [-0.2, 0) is 4.74 Å². The maximum absolute atomic E-state index is 5.86. The normalized spacial score (nSPS) is 38.6. The summed E-state index contributed by atoms with van der Waals surface area (Å²) in [7, 11) is 0. The van der Waals surface area contributed by atoms with Gasteiger partial charge in [0.15, 0.2) is 0 Å². The zero-order valence-corrected chi connectivity index (χ0v) is 14.6. The SMILES string of the molecule is CCNC1CCC(CC)CC1CN1CC(C)OCC1CC. The summed E-state index contributed by atoms with van der Waals surface area (Å²) in [6, 6.07) is 1.36. The third-order valence-corrected chi connectivity index (χ3v) is 5.66. The largest absolute Gasteiger partial charge is 0.376 e. The Balaban J connectivity index is 1.98. The molecule has 0 amide bonds. The minimum absolute atomic E-state index is 0.399. The minimum atomic E-state index is 0.399. The van der Waals surface area contributed by atoms with Crippen molar-refractivity contribution < 1.29 is 4.74 Å². The predicted molar refractivity (Wildman–Crippen MR) is 89.7 cm³/mol. The molecule has 1 N–H and O–H groups in total. The Labute approximate surface area is 131 Å². The Morgan fingerprint density at radius 3 is 2.62 bits per heavy atom. The van der Waals surface area contributed by atoms with Gasteiger partial charge in [-0.15, -0.1) is 0 Å². The lowest BCUT2D eigenvalue weighted by atomic mass is 9.76. The molecule has 1 saturated heterocycles. The smallest absolute Gasteiger partial charge is 0.0674 e. The fourth-order valence-electron chi connectivity index (χ4n) is 4.28. The first-order valence-electron chi connectivity index (χ1n) is 9.26. The summed E-state index contributed by atoms with van der Waals surface area (Å²) in [4.78, 5) is 2.72. The number of ether oxygens (including phenoxy) is 1. The molecular weight excluding hydrogens is 260 g/mol. The molecule has 1 saturated carbocycles. The van der Waals surface area contributed by atoms with Gasteiger partial charge >= 0.3 is 0 Å². The standard InChI is InChI=1S/C18H36N2O/c1-5-15-8-9-18(19-7-3)16(10-15)12-20-11-14(4)21-13-17(20)6-2/h14-19H,5-13H2,1-4H3. The van der Waals surface area contributed by atoms with Crippen LogP contribution in [0.5, 0.6) is 0 Å². The molecule has 5 unspecified atom stereocenters. The van der Waals surface area contributed by atoms with E-state index in [0.717, 1.165) is 37.6 Å². The van der Waals surface area contributed by atoms with Gasteiger partial charge in [0.2, 0.25) is 0 Å². The van der Waals surface area contributed by atoms with Crippen LogP contribution in [0.15, 0.2) is 0 Å². The average Bonchev–Trinajstić information content (AvgIpc) is 2.49. The maximum atomic E-state index is 5.86. The summed E-state index contributed by atoms with van der Waals surface area (Å²) in [5.41, 5.74) is 0. The van der Waals surface area contributed by atoms with E-state index >= 15 is 0 Å². The third-order valence-electron chi connectivity index (χ3n) is 5.66. The van der Waals surface area contributed by atoms with Gasteiger partial charge in [0.25, 0.3) is 0 Å². The number of rotatable bonds is 6. The van der Waals surface area contributed by atoms with Gasteiger partial charge in [-0.25, -0.2) is 0 Å². The van der Waals surface area contributed by atoms with Crippen LogP contribution < -0.4 is 5.32 Å². The van der Waals surface area contributed by atoms with Gasteiger partial charge in [0.05, 0.1) is 12.7 Å². The highest BCUT2D eigenvalue weighted by Crippen LogP contribution is 2.33. The van der Waals surface area contributed by atoms with Gasteiger partial charge in [0.1, 0.15) is 0 Å². The molecule has 3 nitrogen and oxygen atoms in total. The van der Waals surface area contributed by atoms with Crippen LogP contribution in [0.4, 0.5) is 0 Å². The predicted octanol–water partition coefficient (Wildman–Crippen LogP) is 3.29. The number of hydrogen-bond acceptors (Lipinski definition) is 3. The number of nitrogens with one attached hydrogen (secondary N) is 1. The molecule has 2 fully saturated rings. The average molecular weight is 296 g/mol. The van der Waals surface area contributed by atoms with Gasteiger partial charge in [-0.1, -0.05) is 27.2 Å². The summed E-state index contributed by atoms with van der Waals surface area (Å²) in [5, 5.41) is 3.75. The summed E-state index contributed by atoms with van der Waals surface area (Å²) < 4.78 is 5.86. The van der Waals surface area contributed by atoms with Crippen LogP contribution in [-0.4, -0.2) is 49.3 Å². The maximum Gasteiger partial charge on any atom is 0.0674 e. The van der Waals surface area contributed by atoms with Crippen LogP contribution in [0.3, 0.4) is 0 Å². The van der Waals surface area contributed by atoms with Crippen molar-refractivity contribution in [1.82, 2.24) is 10.2 Å². The highest BCUT2D eigenvalue weighted by atomic mass is 16.5. The molecule has 0 aromatic rings. The van der Waals surface area contributed by atoms with E-state index in [9.17, 15) is 0 Å². The van der Waals surface area contributed by atoms with Gasteiger partial charge in [-0.05, 0) is 51.0 Å². The van der Waals surface area contributed by atoms with Gasteiger partial charge < -0.3 is 10.1 Å². The van der Waals surface area contributed by atoms with E-state index in [4.69, 9.17) is 4.74 Å². The second kappa shape index (κ2) is 8.50. The highest BCUT2D eigenvalue weighted by molar-refractivity contribution is 4.89. The molecule has 0 spiro atoms. The van der Waals surface area contributed by atoms with Crippen LogP contribution in [0, 0.1) is 11.8 Å². The molecule has 1 aliphatic carbocycles. The van der Waals surface area contributed by atoms with E-state index in [2.05, 4.69) is 37.9 Å². The third kappa shape index (κ3) is 4.67. The molecule has 0 aromatic carbocycles. The molecule has 2 rings (SSSR count). The molecule has 2 aliphatic rings. The minimum Gasteiger partial charge on any atom is -0.376 e. The van der Waals surface area contributed by atoms with Gasteiger partial charge in [0, 0.05) is 25.2 Å². The molecule has 5 atom stereocenters. The number of morpholine rings is 1. The van der Waals surface area contributed by atoms with Crippen LogP contribution in [0.1, 0.15) is 59.8 Å². The van der Waals surface area contributed by atoms with Crippen molar-refractivity contribution in [2.75, 3.05) is 26.2 Å². The zero-order chi connectivity index (χ0) is 15.2. The Bertz CT molecular complexity index is 297. The molecule has 1 heterocycles. The first-order chi connectivity index (χ1) is 10.2. The number of nitrogens with zero attached hydrogens (tertiary/aromatic N) is 1. The summed E-state index contributed by atoms with van der Waals surface area (Å²) in [6.07, 6.45) is 7.16. The summed E-state index contributed by atoms with van der Waals surface area (Å²) in [5.74, 6) is 1.77. The summed E-state index contributed by atoms with van der Waals surface area (Å²) >= 11 is 0. The molecule has 124 valence electrons. The number of hydrogen-bond donors (Lipinski definition) is 1. The van der Waals surface area contributed by atoms with E-state index in [1.807, 2.05) is 0 Å². The first kappa shape index (κ1) is 17.2. The van der Waals surface area contributed by atoms with Crippen molar-refractivity contribution in [3.63, 3.8) is 0 Å². The van der Waals surface area contributed by atoms with Crippen molar-refractivity contribution in [3.8, 4) is 0 Å². The van der Waals surface area contributed by atoms with E-state index in [-0.39, 0.29) is 0 Å². The topological polar surface area (TPSA) is 24.5 Å². The van der Waals surface area contributed by atoms with Crippen molar-refractivity contribution in [2.45, 2.75) is 78.0 Å². The van der Waals surface area contributed by atoms with Crippen LogP contribution >= 0.6 is 0 Å². The molecule has 21 heavy (non-hydrogen) atoms. The van der Waals surface area contributed by atoms with Crippen LogP contribution in [0.2, 0.25) is 0 Å². The van der Waals surface area contributed by atoms with Crippen molar-refractivity contribution in [3.05, 3.63) is 0 Å². The molecule has 0 bridgehead atoms. The van der Waals surface area contributed by atoms with Crippen LogP contribution in [0.25, 0.3) is 0 Å². The van der Waals surface area contributed by atoms with E-state index in [1.165, 1.54) is 38.6 Å². The highest BCUT2D eigenvalue weighted by Gasteiger charge is 2.33. The molecule has 0 aromatic heterocycles. The van der Waals surface area contributed by atoms with Crippen molar-refractivity contribution >= 4 is 0 Å². The lowest BCUT2D eigenvalue weighted by molar-refractivity contribution is -0.0648. The lowest BCUT2D eigenvalue weighted by Crippen LogP contribution is -2.53. The van der Waals surface area contributed by atoms with E-state index in [0.29, 0.717) is 12.1 Å².